The second-order valence-electron chi connectivity index (χ2n) is 5.36. The molecule has 2 fully saturated rings. The van der Waals surface area contributed by atoms with Gasteiger partial charge < -0.3 is 5.32 Å². The maximum Gasteiger partial charge on any atom is 0.125 e. The van der Waals surface area contributed by atoms with Crippen LogP contribution in [0.5, 0.6) is 0 Å². The van der Waals surface area contributed by atoms with Gasteiger partial charge in [0.25, 0.3) is 0 Å². The Morgan fingerprint density at radius 1 is 1.18 bits per heavy atom. The summed E-state index contributed by atoms with van der Waals surface area (Å²) in [6.45, 7) is 0.731. The van der Waals surface area contributed by atoms with E-state index in [0.29, 0.717) is 11.1 Å². The lowest BCUT2D eigenvalue weighted by Gasteiger charge is -2.17. The van der Waals surface area contributed by atoms with Crippen molar-refractivity contribution in [1.82, 2.24) is 5.32 Å². The molecule has 0 amide bonds. The Balaban J connectivity index is 1.61. The Bertz CT molecular complexity index is 380. The van der Waals surface area contributed by atoms with Crippen LogP contribution >= 0.6 is 11.6 Å². The molecule has 2 saturated carbocycles. The van der Waals surface area contributed by atoms with E-state index in [9.17, 15) is 4.39 Å². The number of hydrogen-bond acceptors (Lipinski definition) is 1. The highest BCUT2D eigenvalue weighted by Gasteiger charge is 2.40. The highest BCUT2D eigenvalue weighted by Crippen LogP contribution is 2.44. The van der Waals surface area contributed by atoms with E-state index in [1.165, 1.54) is 31.7 Å². The summed E-state index contributed by atoms with van der Waals surface area (Å²) in [7, 11) is 0. The molecule has 0 aromatic heterocycles. The Morgan fingerprint density at radius 2 is 1.82 bits per heavy atom. The van der Waals surface area contributed by atoms with Crippen LogP contribution in [0.25, 0.3) is 0 Å². The molecule has 17 heavy (non-hydrogen) atoms. The smallest absolute Gasteiger partial charge is 0.125 e. The average Bonchev–Trinajstić information content (AvgIpc) is 3.12. The molecule has 0 bridgehead atoms. The third-order valence-electron chi connectivity index (χ3n) is 3.72. The largest absolute Gasteiger partial charge is 0.309 e. The first-order valence-electron chi connectivity index (χ1n) is 6.41. The van der Waals surface area contributed by atoms with Crippen LogP contribution in [0, 0.1) is 17.7 Å². The summed E-state index contributed by atoms with van der Waals surface area (Å²) < 4.78 is 13.2. The van der Waals surface area contributed by atoms with Crippen LogP contribution in [0.15, 0.2) is 18.2 Å². The summed E-state index contributed by atoms with van der Waals surface area (Å²) >= 11 is 5.85. The van der Waals surface area contributed by atoms with Crippen LogP contribution in [-0.2, 0) is 6.54 Å². The third-order valence-corrected chi connectivity index (χ3v) is 3.94. The lowest BCUT2D eigenvalue weighted by atomic mass is 10.1. The van der Waals surface area contributed by atoms with Crippen molar-refractivity contribution in [2.45, 2.75) is 38.3 Å². The SMILES string of the molecule is Fc1cc(Cl)cc(CNC(C2CC2)C2CC2)c1. The van der Waals surface area contributed by atoms with Crippen molar-refractivity contribution in [2.75, 3.05) is 0 Å². The molecule has 1 aromatic carbocycles. The molecule has 2 aliphatic rings. The second-order valence-corrected chi connectivity index (χ2v) is 5.80. The van der Waals surface area contributed by atoms with E-state index in [0.717, 1.165) is 23.9 Å². The first kappa shape index (κ1) is 11.5. The number of nitrogens with one attached hydrogen (secondary N) is 1. The molecule has 1 nitrogen and oxygen atoms in total. The highest BCUT2D eigenvalue weighted by atomic mass is 35.5. The lowest BCUT2D eigenvalue weighted by molar-refractivity contribution is 0.415. The summed E-state index contributed by atoms with van der Waals surface area (Å²) in [6, 6.07) is 5.41. The van der Waals surface area contributed by atoms with Crippen molar-refractivity contribution >= 4 is 11.6 Å². The predicted octanol–water partition coefficient (Wildman–Crippen LogP) is 3.76. The molecule has 1 N–H and O–H groups in total. The lowest BCUT2D eigenvalue weighted by Crippen LogP contribution is -2.32. The molecule has 3 heteroatoms. The van der Waals surface area contributed by atoms with Crippen LogP contribution in [0.2, 0.25) is 5.02 Å². The molecule has 0 aliphatic heterocycles. The van der Waals surface area contributed by atoms with Crippen LogP contribution < -0.4 is 5.32 Å². The van der Waals surface area contributed by atoms with Gasteiger partial charge in [0.05, 0.1) is 0 Å². The third kappa shape index (κ3) is 2.99. The zero-order chi connectivity index (χ0) is 11.8. The molecule has 0 spiro atoms. The van der Waals surface area contributed by atoms with Gasteiger partial charge in [0.15, 0.2) is 0 Å². The zero-order valence-corrected chi connectivity index (χ0v) is 10.5. The summed E-state index contributed by atoms with van der Waals surface area (Å²) in [5.74, 6) is 1.49. The molecule has 0 radical (unpaired) electrons. The van der Waals surface area contributed by atoms with E-state index < -0.39 is 0 Å². The number of benzene rings is 1. The minimum atomic E-state index is -0.247. The molecular weight excluding hydrogens is 237 g/mol. The van der Waals surface area contributed by atoms with Crippen molar-refractivity contribution in [2.24, 2.45) is 11.8 Å². The van der Waals surface area contributed by atoms with Crippen molar-refractivity contribution in [3.8, 4) is 0 Å². The number of hydrogen-bond donors (Lipinski definition) is 1. The number of rotatable bonds is 5. The monoisotopic (exact) mass is 253 g/mol. The average molecular weight is 254 g/mol. The van der Waals surface area contributed by atoms with Crippen molar-refractivity contribution in [3.63, 3.8) is 0 Å². The topological polar surface area (TPSA) is 12.0 Å². The van der Waals surface area contributed by atoms with Crippen LogP contribution in [0.1, 0.15) is 31.2 Å². The van der Waals surface area contributed by atoms with Gasteiger partial charge in [0.2, 0.25) is 0 Å². The first-order valence-corrected chi connectivity index (χ1v) is 6.78. The van der Waals surface area contributed by atoms with Crippen molar-refractivity contribution in [1.29, 1.82) is 0 Å². The van der Waals surface area contributed by atoms with Crippen molar-refractivity contribution < 1.29 is 4.39 Å². The maximum atomic E-state index is 13.2. The molecule has 3 rings (SSSR count). The van der Waals surface area contributed by atoms with Gasteiger partial charge in [-0.25, -0.2) is 4.39 Å². The maximum absolute atomic E-state index is 13.2. The van der Waals surface area contributed by atoms with Gasteiger partial charge in [-0.05, 0) is 61.3 Å². The Kier molecular flexibility index (Phi) is 3.10. The number of halogens is 2. The van der Waals surface area contributed by atoms with Gasteiger partial charge in [-0.1, -0.05) is 11.6 Å². The fourth-order valence-electron chi connectivity index (χ4n) is 2.58. The fourth-order valence-corrected chi connectivity index (χ4v) is 2.82. The summed E-state index contributed by atoms with van der Waals surface area (Å²) in [5.41, 5.74) is 0.946. The second kappa shape index (κ2) is 4.58. The summed E-state index contributed by atoms with van der Waals surface area (Å²) in [4.78, 5) is 0. The van der Waals surface area contributed by atoms with Crippen LogP contribution in [0.4, 0.5) is 4.39 Å². The zero-order valence-electron chi connectivity index (χ0n) is 9.76. The van der Waals surface area contributed by atoms with Gasteiger partial charge >= 0.3 is 0 Å². The van der Waals surface area contributed by atoms with Gasteiger partial charge in [0, 0.05) is 17.6 Å². The van der Waals surface area contributed by atoms with Crippen LogP contribution in [0.3, 0.4) is 0 Å². The van der Waals surface area contributed by atoms with Gasteiger partial charge in [-0.2, -0.15) is 0 Å². The Morgan fingerprint density at radius 3 is 2.35 bits per heavy atom. The molecule has 92 valence electrons. The quantitative estimate of drug-likeness (QED) is 0.843. The minimum Gasteiger partial charge on any atom is -0.309 e. The minimum absolute atomic E-state index is 0.247. The molecule has 0 heterocycles. The summed E-state index contributed by atoms with van der Waals surface area (Å²) in [5, 5.41) is 4.07. The van der Waals surface area contributed by atoms with E-state index in [4.69, 9.17) is 11.6 Å². The van der Waals surface area contributed by atoms with E-state index in [1.807, 2.05) is 6.07 Å². The first-order chi connectivity index (χ1) is 8.22. The van der Waals surface area contributed by atoms with Crippen molar-refractivity contribution in [3.05, 3.63) is 34.6 Å². The van der Waals surface area contributed by atoms with E-state index in [-0.39, 0.29) is 5.82 Å². The molecule has 0 atom stereocenters. The molecular formula is C14H17ClFN. The van der Waals surface area contributed by atoms with Gasteiger partial charge in [-0.3, -0.25) is 0 Å². The van der Waals surface area contributed by atoms with E-state index >= 15 is 0 Å². The normalized spacial score (nSPS) is 19.9. The standard InChI is InChI=1S/C14H17ClFN/c15-12-5-9(6-13(16)7-12)8-17-14(10-1-2-10)11-3-4-11/h5-7,10-11,14,17H,1-4,8H2. The predicted molar refractivity (Wildman–Crippen MR) is 67.5 cm³/mol. The summed E-state index contributed by atoms with van der Waals surface area (Å²) in [6.07, 6.45) is 5.44. The fraction of sp³-hybridized carbons (Fsp3) is 0.571. The molecule has 0 unspecified atom stereocenters. The molecule has 1 aromatic rings. The molecule has 0 saturated heterocycles. The Hall–Kier alpha value is -0.600. The van der Waals surface area contributed by atoms with E-state index in [1.54, 1.807) is 6.07 Å². The van der Waals surface area contributed by atoms with Crippen LogP contribution in [-0.4, -0.2) is 6.04 Å². The molecule has 2 aliphatic carbocycles. The highest BCUT2D eigenvalue weighted by molar-refractivity contribution is 6.30. The van der Waals surface area contributed by atoms with Gasteiger partial charge in [-0.15, -0.1) is 0 Å². The Labute approximate surface area is 106 Å². The van der Waals surface area contributed by atoms with Gasteiger partial charge in [0.1, 0.15) is 5.82 Å². The van der Waals surface area contributed by atoms with E-state index in [2.05, 4.69) is 5.32 Å².